The predicted molar refractivity (Wildman–Crippen MR) is 125 cm³/mol. The molecule has 1 aromatic carbocycles. The summed E-state index contributed by atoms with van der Waals surface area (Å²) >= 11 is 0. The van der Waals surface area contributed by atoms with Gasteiger partial charge in [0.2, 0.25) is 0 Å². The Morgan fingerprint density at radius 1 is 1.14 bits per heavy atom. The summed E-state index contributed by atoms with van der Waals surface area (Å²) in [6.07, 6.45) is 3.59. The number of carbonyl (C=O) groups is 1. The van der Waals surface area contributed by atoms with Gasteiger partial charge in [-0.3, -0.25) is 9.78 Å². The van der Waals surface area contributed by atoms with Gasteiger partial charge in [0.15, 0.2) is 0 Å². The summed E-state index contributed by atoms with van der Waals surface area (Å²) in [5.41, 5.74) is 5.96. The Morgan fingerprint density at radius 2 is 1.86 bits per heavy atom. The van der Waals surface area contributed by atoms with Crippen molar-refractivity contribution in [3.8, 4) is 11.3 Å². The second-order valence-electron chi connectivity index (χ2n) is 9.36. The third kappa shape index (κ3) is 4.71. The van der Waals surface area contributed by atoms with Gasteiger partial charge in [-0.2, -0.15) is 0 Å². The van der Waals surface area contributed by atoms with Crippen molar-refractivity contribution in [3.63, 3.8) is 0 Å². The van der Waals surface area contributed by atoms with Gasteiger partial charge in [0.1, 0.15) is 28.8 Å². The molecular weight excluding hydrogens is 473 g/mol. The minimum absolute atomic E-state index is 0.242. The van der Waals surface area contributed by atoms with Crippen LogP contribution in [0.2, 0.25) is 0 Å². The number of ether oxygens (including phenoxy) is 1. The fourth-order valence-electron chi connectivity index (χ4n) is 4.62. The van der Waals surface area contributed by atoms with Crippen LogP contribution in [-0.2, 0) is 4.74 Å². The van der Waals surface area contributed by atoms with Gasteiger partial charge in [0.05, 0.1) is 35.8 Å². The molecule has 0 bridgehead atoms. The second-order valence-corrected chi connectivity index (χ2v) is 9.36. The Bertz CT molecular complexity index is 1290. The Hall–Kier alpha value is -3.34. The fraction of sp³-hybridized carbons (Fsp3) is 0.346. The van der Waals surface area contributed by atoms with Gasteiger partial charge in [-0.25, -0.2) is 18.2 Å². The lowest BCUT2D eigenvalue weighted by molar-refractivity contribution is -0.136. The molecule has 1 saturated heterocycles. The molecule has 0 radical (unpaired) electrons. The van der Waals surface area contributed by atoms with Crippen molar-refractivity contribution in [3.05, 3.63) is 77.0 Å². The molecule has 1 amide bonds. The number of anilines is 1. The van der Waals surface area contributed by atoms with Crippen LogP contribution in [0.3, 0.4) is 0 Å². The Balaban J connectivity index is 1.42. The van der Waals surface area contributed by atoms with Gasteiger partial charge in [-0.05, 0) is 68.0 Å². The molecule has 2 aromatic heterocycles. The minimum Gasteiger partial charge on any atom is -0.389 e. The number of pyridine rings is 2. The lowest BCUT2D eigenvalue weighted by Gasteiger charge is -2.38. The SMILES string of the molecule is Cc1cc(F)c(-c2nc(C(=O)Nc3cnccc3C3CC(N)C(O)C(C4CC4)O3)ccc2F)c(F)c1. The monoisotopic (exact) mass is 498 g/mol. The molecule has 36 heavy (non-hydrogen) atoms. The highest BCUT2D eigenvalue weighted by Crippen LogP contribution is 2.43. The molecule has 4 unspecified atom stereocenters. The van der Waals surface area contributed by atoms with Crippen LogP contribution in [0.25, 0.3) is 11.3 Å². The Morgan fingerprint density at radius 3 is 2.56 bits per heavy atom. The molecule has 10 heteroatoms. The number of nitrogens with zero attached hydrogens (tertiary/aromatic N) is 2. The number of halogens is 3. The topological polar surface area (TPSA) is 110 Å². The van der Waals surface area contributed by atoms with E-state index >= 15 is 0 Å². The normalized spacial score (nSPS) is 23.9. The molecule has 2 fully saturated rings. The van der Waals surface area contributed by atoms with E-state index in [9.17, 15) is 23.1 Å². The van der Waals surface area contributed by atoms with Gasteiger partial charge < -0.3 is 20.9 Å². The average molecular weight is 499 g/mol. The Labute approximate surface area is 205 Å². The van der Waals surface area contributed by atoms with Crippen LogP contribution in [-0.4, -0.2) is 39.2 Å². The van der Waals surface area contributed by atoms with Gasteiger partial charge >= 0.3 is 0 Å². The molecule has 2 aliphatic rings. The van der Waals surface area contributed by atoms with Crippen molar-refractivity contribution in [2.75, 3.05) is 5.32 Å². The first-order valence-corrected chi connectivity index (χ1v) is 11.7. The largest absolute Gasteiger partial charge is 0.389 e. The summed E-state index contributed by atoms with van der Waals surface area (Å²) in [7, 11) is 0. The lowest BCUT2D eigenvalue weighted by Crippen LogP contribution is -2.50. The van der Waals surface area contributed by atoms with E-state index < -0.39 is 59.0 Å². The average Bonchev–Trinajstić information content (AvgIpc) is 3.67. The standard InChI is InChI=1S/C26H25F3N4O3/c1-12-8-16(28)22(17(29)9-12)23-15(27)4-5-19(32-23)26(35)33-20-11-31-7-6-14(20)21-10-18(30)24(34)25(36-21)13-2-3-13/h4-9,11,13,18,21,24-25,34H,2-3,10,30H2,1H3,(H,33,35). The molecular formula is C26H25F3N4O3. The maximum Gasteiger partial charge on any atom is 0.274 e. The zero-order chi connectivity index (χ0) is 25.6. The number of nitrogens with two attached hydrogens (primary N) is 1. The van der Waals surface area contributed by atoms with Crippen molar-refractivity contribution >= 4 is 11.6 Å². The number of aliphatic hydroxyl groups excluding tert-OH is 1. The zero-order valence-electron chi connectivity index (χ0n) is 19.4. The van der Waals surface area contributed by atoms with E-state index in [1.165, 1.54) is 13.1 Å². The maximum absolute atomic E-state index is 14.5. The Kier molecular flexibility index (Phi) is 6.50. The molecule has 3 heterocycles. The maximum atomic E-state index is 14.5. The molecule has 1 aliphatic heterocycles. The van der Waals surface area contributed by atoms with Crippen LogP contribution < -0.4 is 11.1 Å². The molecule has 3 aromatic rings. The van der Waals surface area contributed by atoms with Crippen LogP contribution in [0.15, 0.2) is 42.7 Å². The van der Waals surface area contributed by atoms with E-state index in [1.807, 2.05) is 0 Å². The summed E-state index contributed by atoms with van der Waals surface area (Å²) in [4.78, 5) is 21.0. The van der Waals surface area contributed by atoms with Crippen LogP contribution in [0.1, 0.15) is 47.0 Å². The van der Waals surface area contributed by atoms with Crippen molar-refractivity contribution in [2.45, 2.75) is 50.5 Å². The number of aromatic nitrogens is 2. The fourth-order valence-corrected chi connectivity index (χ4v) is 4.62. The number of nitrogens with one attached hydrogen (secondary N) is 1. The third-order valence-corrected chi connectivity index (χ3v) is 6.62. The highest BCUT2D eigenvalue weighted by atomic mass is 19.1. The summed E-state index contributed by atoms with van der Waals surface area (Å²) in [5, 5.41) is 13.1. The van der Waals surface area contributed by atoms with Crippen molar-refractivity contribution < 1.29 is 27.8 Å². The number of rotatable bonds is 5. The van der Waals surface area contributed by atoms with Gasteiger partial charge in [-0.1, -0.05) is 0 Å². The third-order valence-electron chi connectivity index (χ3n) is 6.62. The first-order valence-electron chi connectivity index (χ1n) is 11.7. The van der Waals surface area contributed by atoms with Crippen LogP contribution in [0.4, 0.5) is 18.9 Å². The number of hydrogen-bond acceptors (Lipinski definition) is 6. The molecule has 7 nitrogen and oxygen atoms in total. The first-order chi connectivity index (χ1) is 17.2. The van der Waals surface area contributed by atoms with E-state index in [0.29, 0.717) is 23.2 Å². The van der Waals surface area contributed by atoms with E-state index in [0.717, 1.165) is 37.1 Å². The summed E-state index contributed by atoms with van der Waals surface area (Å²) < 4.78 is 49.6. The van der Waals surface area contributed by atoms with Crippen molar-refractivity contribution in [1.29, 1.82) is 0 Å². The summed E-state index contributed by atoms with van der Waals surface area (Å²) in [6.45, 7) is 1.51. The number of carbonyl (C=O) groups excluding carboxylic acids is 1. The van der Waals surface area contributed by atoms with Crippen LogP contribution >= 0.6 is 0 Å². The lowest BCUT2D eigenvalue weighted by atomic mass is 9.90. The van der Waals surface area contributed by atoms with E-state index in [2.05, 4.69) is 15.3 Å². The number of amides is 1. The van der Waals surface area contributed by atoms with E-state index in [1.54, 1.807) is 12.3 Å². The first kappa shape index (κ1) is 24.4. The van der Waals surface area contributed by atoms with Gasteiger partial charge in [0.25, 0.3) is 5.91 Å². The summed E-state index contributed by atoms with van der Waals surface area (Å²) in [5.74, 6) is -3.41. The highest BCUT2D eigenvalue weighted by molar-refractivity contribution is 6.03. The minimum atomic E-state index is -0.982. The molecule has 4 atom stereocenters. The van der Waals surface area contributed by atoms with E-state index in [-0.39, 0.29) is 11.6 Å². The molecule has 0 spiro atoms. The number of aliphatic hydroxyl groups is 1. The number of hydrogen-bond donors (Lipinski definition) is 3. The molecule has 5 rings (SSSR count). The molecule has 1 aliphatic carbocycles. The van der Waals surface area contributed by atoms with Crippen LogP contribution in [0, 0.1) is 30.3 Å². The van der Waals surface area contributed by atoms with Crippen molar-refractivity contribution in [2.24, 2.45) is 11.7 Å². The van der Waals surface area contributed by atoms with Crippen molar-refractivity contribution in [1.82, 2.24) is 9.97 Å². The second kappa shape index (κ2) is 9.61. The highest BCUT2D eigenvalue weighted by Gasteiger charge is 2.45. The number of benzene rings is 1. The predicted octanol–water partition coefficient (Wildman–Crippen LogP) is 4.05. The van der Waals surface area contributed by atoms with Crippen LogP contribution in [0.5, 0.6) is 0 Å². The smallest absolute Gasteiger partial charge is 0.274 e. The molecule has 4 N–H and O–H groups in total. The van der Waals surface area contributed by atoms with E-state index in [4.69, 9.17) is 10.5 Å². The van der Waals surface area contributed by atoms with Gasteiger partial charge in [0, 0.05) is 17.8 Å². The quantitative estimate of drug-likeness (QED) is 0.490. The number of aryl methyl sites for hydroxylation is 1. The van der Waals surface area contributed by atoms with Gasteiger partial charge in [-0.15, -0.1) is 0 Å². The molecule has 188 valence electrons. The molecule has 1 saturated carbocycles. The zero-order valence-corrected chi connectivity index (χ0v) is 19.4. The summed E-state index contributed by atoms with van der Waals surface area (Å²) in [6, 6.07) is 5.39.